The molecule has 0 bridgehead atoms. The van der Waals surface area contributed by atoms with Crippen molar-refractivity contribution in [1.82, 2.24) is 10.3 Å². The van der Waals surface area contributed by atoms with Crippen LogP contribution in [0.1, 0.15) is 10.4 Å². The molecule has 8 nitrogen and oxygen atoms in total. The molecule has 0 radical (unpaired) electrons. The fourth-order valence-corrected chi connectivity index (χ4v) is 2.31. The van der Waals surface area contributed by atoms with E-state index < -0.39 is 6.09 Å². The molecule has 3 rings (SSSR count). The Bertz CT molecular complexity index is 955. The van der Waals surface area contributed by atoms with Crippen molar-refractivity contribution in [3.05, 3.63) is 54.1 Å². The largest absolute Gasteiger partial charge is 0.465 e. The Kier molecular flexibility index (Phi) is 4.57. The molecule has 0 saturated heterocycles. The summed E-state index contributed by atoms with van der Waals surface area (Å²) in [7, 11) is 0. The van der Waals surface area contributed by atoms with Crippen LogP contribution < -0.4 is 16.0 Å². The zero-order valence-corrected chi connectivity index (χ0v) is 13.5. The number of carbonyl (C=O) groups excluding carboxylic acids is 1. The van der Waals surface area contributed by atoms with Crippen molar-refractivity contribution in [3.8, 4) is 0 Å². The number of oxazole rings is 1. The molecule has 0 spiro atoms. The summed E-state index contributed by atoms with van der Waals surface area (Å²) in [5.41, 5.74) is 1.66. The first kappa shape index (κ1) is 16.4. The number of hydrogen-bond acceptors (Lipinski definition) is 5. The summed E-state index contributed by atoms with van der Waals surface area (Å²) in [6.07, 6.45) is -1.29. The molecular formula is C16H12N4O4S. The molecule has 0 fully saturated rings. The number of carboxylic acid groups (broad SMARTS) is 1. The van der Waals surface area contributed by atoms with E-state index in [0.29, 0.717) is 22.4 Å². The van der Waals surface area contributed by atoms with Gasteiger partial charge in [-0.05, 0) is 36.5 Å². The maximum Gasteiger partial charge on any atom is 0.412 e. The predicted octanol–water partition coefficient (Wildman–Crippen LogP) is 3.04. The standard InChI is InChI=1S/C16H12N4O4S/c21-13(9-5-2-1-3-6-9)19-15(25)18-11-8-4-7-10-12(11)24-14(17-10)20-16(22)23/h1-8H,(H,17,20)(H,22,23)(H2,18,19,21,25). The number of carbonyl (C=O) groups is 2. The van der Waals surface area contributed by atoms with Gasteiger partial charge in [0.25, 0.3) is 5.91 Å². The van der Waals surface area contributed by atoms with Gasteiger partial charge < -0.3 is 14.8 Å². The summed E-state index contributed by atoms with van der Waals surface area (Å²) in [6.45, 7) is 0. The summed E-state index contributed by atoms with van der Waals surface area (Å²) in [5.74, 6) is -0.351. The monoisotopic (exact) mass is 356 g/mol. The van der Waals surface area contributed by atoms with E-state index in [1.165, 1.54) is 0 Å². The van der Waals surface area contributed by atoms with Gasteiger partial charge in [-0.1, -0.05) is 24.3 Å². The molecule has 4 N–H and O–H groups in total. The molecule has 0 aliphatic heterocycles. The summed E-state index contributed by atoms with van der Waals surface area (Å²) in [6, 6.07) is 13.5. The Hall–Kier alpha value is -3.46. The lowest BCUT2D eigenvalue weighted by Gasteiger charge is -2.09. The van der Waals surface area contributed by atoms with Crippen molar-refractivity contribution >= 4 is 52.1 Å². The molecule has 126 valence electrons. The number of fused-ring (bicyclic) bond motifs is 1. The number of nitrogens with zero attached hydrogens (tertiary/aromatic N) is 1. The highest BCUT2D eigenvalue weighted by Crippen LogP contribution is 2.26. The first-order chi connectivity index (χ1) is 12.0. The van der Waals surface area contributed by atoms with Crippen molar-refractivity contribution in [2.75, 3.05) is 10.6 Å². The first-order valence-corrected chi connectivity index (χ1v) is 7.50. The van der Waals surface area contributed by atoms with Gasteiger partial charge in [0, 0.05) is 5.56 Å². The Morgan fingerprint density at radius 2 is 1.80 bits per heavy atom. The van der Waals surface area contributed by atoms with E-state index in [1.807, 2.05) is 5.32 Å². The molecule has 0 unspecified atom stereocenters. The van der Waals surface area contributed by atoms with Gasteiger partial charge in [-0.2, -0.15) is 4.98 Å². The van der Waals surface area contributed by atoms with Crippen LogP contribution >= 0.6 is 12.2 Å². The number of hydrogen-bond donors (Lipinski definition) is 4. The second kappa shape index (κ2) is 6.97. The van der Waals surface area contributed by atoms with E-state index in [-0.39, 0.29) is 17.0 Å². The molecule has 2 amide bonds. The predicted molar refractivity (Wildman–Crippen MR) is 95.8 cm³/mol. The van der Waals surface area contributed by atoms with Crippen molar-refractivity contribution in [2.45, 2.75) is 0 Å². The molecule has 1 aromatic heterocycles. The number of benzene rings is 2. The van der Waals surface area contributed by atoms with Gasteiger partial charge in [0.05, 0.1) is 5.69 Å². The highest BCUT2D eigenvalue weighted by molar-refractivity contribution is 7.80. The molecule has 9 heteroatoms. The number of para-hydroxylation sites is 1. The zero-order chi connectivity index (χ0) is 17.8. The third kappa shape index (κ3) is 3.90. The molecule has 25 heavy (non-hydrogen) atoms. The third-order valence-corrected chi connectivity index (χ3v) is 3.34. The highest BCUT2D eigenvalue weighted by Gasteiger charge is 2.13. The van der Waals surface area contributed by atoms with Crippen LogP contribution in [0.5, 0.6) is 0 Å². The summed E-state index contributed by atoms with van der Waals surface area (Å²) < 4.78 is 5.36. The van der Waals surface area contributed by atoms with Crippen LogP contribution in [0, 0.1) is 0 Å². The van der Waals surface area contributed by atoms with Crippen molar-refractivity contribution in [1.29, 1.82) is 0 Å². The minimum Gasteiger partial charge on any atom is -0.465 e. The van der Waals surface area contributed by atoms with Gasteiger partial charge in [0.1, 0.15) is 5.52 Å². The van der Waals surface area contributed by atoms with Gasteiger partial charge in [0.15, 0.2) is 10.7 Å². The number of thiocarbonyl (C=S) groups is 1. The van der Waals surface area contributed by atoms with E-state index in [1.54, 1.807) is 48.5 Å². The minimum atomic E-state index is -1.29. The molecule has 0 aliphatic carbocycles. The van der Waals surface area contributed by atoms with E-state index in [4.69, 9.17) is 21.7 Å². The zero-order valence-electron chi connectivity index (χ0n) is 12.6. The van der Waals surface area contributed by atoms with Crippen LogP contribution in [0.25, 0.3) is 11.1 Å². The van der Waals surface area contributed by atoms with Crippen LogP contribution in [0.15, 0.2) is 52.9 Å². The van der Waals surface area contributed by atoms with Gasteiger partial charge >= 0.3 is 12.1 Å². The van der Waals surface area contributed by atoms with Crippen LogP contribution in [0.4, 0.5) is 16.5 Å². The topological polar surface area (TPSA) is 116 Å². The molecule has 0 aliphatic rings. The fraction of sp³-hybridized carbons (Fsp3) is 0. The van der Waals surface area contributed by atoms with Crippen LogP contribution in [-0.2, 0) is 0 Å². The van der Waals surface area contributed by atoms with E-state index in [9.17, 15) is 9.59 Å². The van der Waals surface area contributed by atoms with E-state index in [0.717, 1.165) is 0 Å². The summed E-state index contributed by atoms with van der Waals surface area (Å²) >= 11 is 5.14. The second-order valence-electron chi connectivity index (χ2n) is 4.88. The lowest BCUT2D eigenvalue weighted by molar-refractivity contribution is 0.0977. The van der Waals surface area contributed by atoms with Crippen molar-refractivity contribution in [2.24, 2.45) is 0 Å². The minimum absolute atomic E-state index is 0.0745. The van der Waals surface area contributed by atoms with Gasteiger partial charge in [0.2, 0.25) is 0 Å². The smallest absolute Gasteiger partial charge is 0.412 e. The molecule has 0 atom stereocenters. The normalized spacial score (nSPS) is 10.2. The quantitative estimate of drug-likeness (QED) is 0.533. The fourth-order valence-electron chi connectivity index (χ4n) is 2.11. The van der Waals surface area contributed by atoms with Gasteiger partial charge in [-0.3, -0.25) is 10.1 Å². The van der Waals surface area contributed by atoms with Crippen LogP contribution in [0.3, 0.4) is 0 Å². The SMILES string of the molecule is O=C(O)Nc1nc2cccc(NC(=S)NC(=O)c3ccccc3)c2o1. The maximum atomic E-state index is 12.1. The Labute approximate surface area is 146 Å². The number of amides is 2. The second-order valence-corrected chi connectivity index (χ2v) is 5.29. The number of anilines is 2. The van der Waals surface area contributed by atoms with Gasteiger partial charge in [-0.25, -0.2) is 10.1 Å². The van der Waals surface area contributed by atoms with E-state index in [2.05, 4.69) is 15.6 Å². The Balaban J connectivity index is 1.76. The first-order valence-electron chi connectivity index (χ1n) is 7.10. The number of aromatic nitrogens is 1. The van der Waals surface area contributed by atoms with E-state index >= 15 is 0 Å². The third-order valence-electron chi connectivity index (χ3n) is 3.14. The van der Waals surface area contributed by atoms with Crippen LogP contribution in [-0.4, -0.2) is 27.2 Å². The Morgan fingerprint density at radius 1 is 1.04 bits per heavy atom. The van der Waals surface area contributed by atoms with Crippen LogP contribution in [0.2, 0.25) is 0 Å². The molecule has 2 aromatic carbocycles. The molecule has 1 heterocycles. The average Bonchev–Trinajstić information content (AvgIpc) is 2.98. The lowest BCUT2D eigenvalue weighted by Crippen LogP contribution is -2.34. The van der Waals surface area contributed by atoms with Crippen molar-refractivity contribution < 1.29 is 19.1 Å². The number of nitrogens with one attached hydrogen (secondary N) is 3. The lowest BCUT2D eigenvalue weighted by atomic mass is 10.2. The number of rotatable bonds is 3. The summed E-state index contributed by atoms with van der Waals surface area (Å²) in [4.78, 5) is 26.8. The average molecular weight is 356 g/mol. The Morgan fingerprint density at radius 3 is 2.52 bits per heavy atom. The highest BCUT2D eigenvalue weighted by atomic mass is 32.1. The molecule has 3 aromatic rings. The molecule has 0 saturated carbocycles. The van der Waals surface area contributed by atoms with Gasteiger partial charge in [-0.15, -0.1) is 0 Å². The molecular weight excluding hydrogens is 344 g/mol. The summed E-state index contributed by atoms with van der Waals surface area (Å²) in [5, 5.41) is 16.2. The maximum absolute atomic E-state index is 12.1. The van der Waals surface area contributed by atoms with Crippen molar-refractivity contribution in [3.63, 3.8) is 0 Å².